The van der Waals surface area contributed by atoms with Gasteiger partial charge in [0.2, 0.25) is 0 Å². The smallest absolute Gasteiger partial charge is 0.266 e. The number of benzene rings is 1. The van der Waals surface area contributed by atoms with E-state index in [1.54, 1.807) is 0 Å². The molecule has 2 rings (SSSR count). The van der Waals surface area contributed by atoms with Gasteiger partial charge in [-0.3, -0.25) is 9.59 Å². The van der Waals surface area contributed by atoms with Crippen molar-refractivity contribution in [1.82, 2.24) is 4.98 Å². The van der Waals surface area contributed by atoms with E-state index in [0.717, 1.165) is 11.1 Å². The number of pyridine rings is 1. The van der Waals surface area contributed by atoms with Gasteiger partial charge >= 0.3 is 0 Å². The average molecular weight is 277 g/mol. The minimum Gasteiger partial charge on any atom is -0.327 e. The third-order valence-electron chi connectivity index (χ3n) is 2.88. The number of carbonyl (C=O) groups is 1. The van der Waals surface area contributed by atoms with E-state index in [0.29, 0.717) is 11.3 Å². The maximum absolute atomic E-state index is 12.0. The fourth-order valence-electron chi connectivity index (χ4n) is 1.61. The fraction of sp³-hybridized carbons (Fsp3) is 0.143. The Morgan fingerprint density at radius 3 is 2.58 bits per heavy atom. The summed E-state index contributed by atoms with van der Waals surface area (Å²) in [6.45, 7) is 3.98. The molecular weight excluding hydrogens is 264 g/mol. The second kappa shape index (κ2) is 5.28. The van der Waals surface area contributed by atoms with Crippen LogP contribution in [0.3, 0.4) is 0 Å². The molecule has 1 aromatic carbocycles. The molecule has 0 unspecified atom stereocenters. The molecule has 0 saturated carbocycles. The zero-order valence-corrected chi connectivity index (χ0v) is 11.3. The molecule has 1 aromatic heterocycles. The molecule has 0 aliphatic heterocycles. The highest BCUT2D eigenvalue weighted by Gasteiger charge is 2.08. The van der Waals surface area contributed by atoms with Gasteiger partial charge in [0.15, 0.2) is 0 Å². The summed E-state index contributed by atoms with van der Waals surface area (Å²) in [5.74, 6) is -0.318. The van der Waals surface area contributed by atoms with E-state index in [-0.39, 0.29) is 10.9 Å². The third kappa shape index (κ3) is 3.03. The van der Waals surface area contributed by atoms with Gasteiger partial charge in [0.1, 0.15) is 5.02 Å². The molecule has 0 saturated heterocycles. The number of rotatable bonds is 2. The summed E-state index contributed by atoms with van der Waals surface area (Å²) in [5, 5.41) is 2.75. The Balaban J connectivity index is 2.22. The summed E-state index contributed by atoms with van der Waals surface area (Å²) < 4.78 is 0. The molecule has 98 valence electrons. The molecule has 4 nitrogen and oxygen atoms in total. The molecule has 5 heteroatoms. The van der Waals surface area contributed by atoms with Gasteiger partial charge < -0.3 is 10.3 Å². The van der Waals surface area contributed by atoms with Crippen molar-refractivity contribution in [3.8, 4) is 0 Å². The van der Waals surface area contributed by atoms with Crippen LogP contribution in [-0.4, -0.2) is 10.9 Å². The van der Waals surface area contributed by atoms with Gasteiger partial charge in [-0.05, 0) is 43.2 Å². The highest BCUT2D eigenvalue weighted by Crippen LogP contribution is 2.15. The first-order valence-corrected chi connectivity index (χ1v) is 6.12. The predicted octanol–water partition coefficient (Wildman–Crippen LogP) is 2.90. The van der Waals surface area contributed by atoms with Crippen LogP contribution in [0.4, 0.5) is 5.69 Å². The Bertz CT molecular complexity index is 692. The number of amides is 1. The fourth-order valence-corrected chi connectivity index (χ4v) is 1.78. The SMILES string of the molecule is Cc1ccc(NC(=O)c2c[nH]c(=O)c(Cl)c2)cc1C. The Hall–Kier alpha value is -2.07. The number of halogens is 1. The lowest BCUT2D eigenvalue weighted by Gasteiger charge is -2.07. The zero-order valence-electron chi connectivity index (χ0n) is 10.6. The van der Waals surface area contributed by atoms with Crippen molar-refractivity contribution >= 4 is 23.2 Å². The minimum atomic E-state index is -0.413. The molecule has 19 heavy (non-hydrogen) atoms. The molecule has 0 aliphatic carbocycles. The maximum atomic E-state index is 12.0. The van der Waals surface area contributed by atoms with Crippen LogP contribution in [0.2, 0.25) is 5.02 Å². The first-order valence-electron chi connectivity index (χ1n) is 5.74. The van der Waals surface area contributed by atoms with Crippen LogP contribution in [0, 0.1) is 13.8 Å². The number of aromatic amines is 1. The zero-order chi connectivity index (χ0) is 14.0. The van der Waals surface area contributed by atoms with E-state index in [9.17, 15) is 9.59 Å². The Kier molecular flexibility index (Phi) is 3.71. The van der Waals surface area contributed by atoms with E-state index < -0.39 is 5.56 Å². The normalized spacial score (nSPS) is 10.3. The number of aromatic nitrogens is 1. The summed E-state index contributed by atoms with van der Waals surface area (Å²) in [7, 11) is 0. The molecule has 2 N–H and O–H groups in total. The van der Waals surface area contributed by atoms with Gasteiger partial charge in [-0.25, -0.2) is 0 Å². The maximum Gasteiger partial charge on any atom is 0.266 e. The van der Waals surface area contributed by atoms with Crippen LogP contribution < -0.4 is 10.9 Å². The monoisotopic (exact) mass is 276 g/mol. The molecule has 1 heterocycles. The second-order valence-corrected chi connectivity index (χ2v) is 4.73. The lowest BCUT2D eigenvalue weighted by Crippen LogP contribution is -2.15. The summed E-state index contributed by atoms with van der Waals surface area (Å²) in [6, 6.07) is 7.00. The molecule has 0 aliphatic rings. The van der Waals surface area contributed by atoms with Crippen molar-refractivity contribution in [3.05, 3.63) is 62.5 Å². The van der Waals surface area contributed by atoms with E-state index in [1.165, 1.54) is 12.3 Å². The highest BCUT2D eigenvalue weighted by atomic mass is 35.5. The molecule has 0 atom stereocenters. The van der Waals surface area contributed by atoms with Crippen LogP contribution in [0.15, 0.2) is 35.3 Å². The topological polar surface area (TPSA) is 62.0 Å². The Labute approximate surface area is 115 Å². The third-order valence-corrected chi connectivity index (χ3v) is 3.17. The molecule has 2 aromatic rings. The van der Waals surface area contributed by atoms with Crippen LogP contribution in [0.1, 0.15) is 21.5 Å². The molecule has 0 bridgehead atoms. The van der Waals surface area contributed by atoms with Gasteiger partial charge in [-0.1, -0.05) is 17.7 Å². The van der Waals surface area contributed by atoms with Gasteiger partial charge in [-0.2, -0.15) is 0 Å². The van der Waals surface area contributed by atoms with Crippen LogP contribution >= 0.6 is 11.6 Å². The van der Waals surface area contributed by atoms with E-state index in [2.05, 4.69) is 10.3 Å². The molecule has 0 fully saturated rings. The second-order valence-electron chi connectivity index (χ2n) is 4.32. The quantitative estimate of drug-likeness (QED) is 0.886. The van der Waals surface area contributed by atoms with Crippen molar-refractivity contribution in [3.63, 3.8) is 0 Å². The number of H-pyrrole nitrogens is 1. The number of hydrogen-bond acceptors (Lipinski definition) is 2. The largest absolute Gasteiger partial charge is 0.327 e. The van der Waals surface area contributed by atoms with Crippen molar-refractivity contribution in [2.24, 2.45) is 0 Å². The van der Waals surface area contributed by atoms with E-state index >= 15 is 0 Å². The van der Waals surface area contributed by atoms with Crippen LogP contribution in [0.25, 0.3) is 0 Å². The van der Waals surface area contributed by atoms with Crippen molar-refractivity contribution in [1.29, 1.82) is 0 Å². The lowest BCUT2D eigenvalue weighted by molar-refractivity contribution is 0.102. The molecule has 1 amide bonds. The van der Waals surface area contributed by atoms with Gasteiger partial charge in [0.25, 0.3) is 11.5 Å². The minimum absolute atomic E-state index is 0.00673. The van der Waals surface area contributed by atoms with Gasteiger partial charge in [-0.15, -0.1) is 0 Å². The number of anilines is 1. The Morgan fingerprint density at radius 2 is 1.95 bits per heavy atom. The average Bonchev–Trinajstić information content (AvgIpc) is 2.37. The number of hydrogen-bond donors (Lipinski definition) is 2. The molecule has 0 radical (unpaired) electrons. The number of nitrogens with one attached hydrogen (secondary N) is 2. The van der Waals surface area contributed by atoms with E-state index in [4.69, 9.17) is 11.6 Å². The highest BCUT2D eigenvalue weighted by molar-refractivity contribution is 6.30. The van der Waals surface area contributed by atoms with Gasteiger partial charge in [0.05, 0.1) is 5.56 Å². The van der Waals surface area contributed by atoms with Crippen molar-refractivity contribution in [2.45, 2.75) is 13.8 Å². The first-order chi connectivity index (χ1) is 8.97. The standard InChI is InChI=1S/C14H13ClN2O2/c1-8-3-4-11(5-9(8)2)17-13(18)10-6-12(15)14(19)16-7-10/h3-7H,1-2H3,(H,16,19)(H,17,18). The number of carbonyl (C=O) groups excluding carboxylic acids is 1. The van der Waals surface area contributed by atoms with Crippen molar-refractivity contribution < 1.29 is 4.79 Å². The van der Waals surface area contributed by atoms with Crippen LogP contribution in [0.5, 0.6) is 0 Å². The molecule has 0 spiro atoms. The molecular formula is C14H13ClN2O2. The number of aryl methyl sites for hydroxylation is 2. The predicted molar refractivity (Wildman–Crippen MR) is 75.9 cm³/mol. The summed E-state index contributed by atoms with van der Waals surface area (Å²) in [6.07, 6.45) is 1.34. The lowest BCUT2D eigenvalue weighted by atomic mass is 10.1. The van der Waals surface area contributed by atoms with E-state index in [1.807, 2.05) is 32.0 Å². The van der Waals surface area contributed by atoms with Crippen molar-refractivity contribution in [2.75, 3.05) is 5.32 Å². The summed E-state index contributed by atoms with van der Waals surface area (Å²) in [5.41, 5.74) is 2.85. The Morgan fingerprint density at radius 1 is 1.21 bits per heavy atom. The van der Waals surface area contributed by atoms with Crippen LogP contribution in [-0.2, 0) is 0 Å². The first kappa shape index (κ1) is 13.4. The van der Waals surface area contributed by atoms with Gasteiger partial charge in [0, 0.05) is 11.9 Å². The summed E-state index contributed by atoms with van der Waals surface area (Å²) >= 11 is 5.68. The summed E-state index contributed by atoms with van der Waals surface area (Å²) in [4.78, 5) is 25.5.